The van der Waals surface area contributed by atoms with Crippen molar-refractivity contribution in [2.75, 3.05) is 25.0 Å². The van der Waals surface area contributed by atoms with Gasteiger partial charge in [-0.15, -0.1) is 0 Å². The highest BCUT2D eigenvalue weighted by atomic mass is 79.9. The Kier molecular flexibility index (Phi) is 6.67. The minimum atomic E-state index is 0.0167. The molecule has 0 saturated carbocycles. The van der Waals surface area contributed by atoms with Crippen LogP contribution in [0.15, 0.2) is 41.0 Å². The number of amides is 2. The third kappa shape index (κ3) is 4.96. The van der Waals surface area contributed by atoms with Crippen molar-refractivity contribution in [1.82, 2.24) is 24.8 Å². The summed E-state index contributed by atoms with van der Waals surface area (Å²) in [5, 5.41) is 11.6. The SMILES string of the molecule is CC(C)NC(=O)N1CCCC(CNc2cc(-c3ccccc3Cl)nc3c(Br)cnn23)C1. The summed E-state index contributed by atoms with van der Waals surface area (Å²) < 4.78 is 2.61. The van der Waals surface area contributed by atoms with Gasteiger partial charge < -0.3 is 15.5 Å². The zero-order valence-electron chi connectivity index (χ0n) is 17.6. The second-order valence-electron chi connectivity index (χ2n) is 8.17. The molecule has 7 nitrogen and oxygen atoms in total. The molecule has 1 saturated heterocycles. The number of nitrogens with zero attached hydrogens (tertiary/aromatic N) is 4. The molecule has 2 aromatic heterocycles. The summed E-state index contributed by atoms with van der Waals surface area (Å²) in [4.78, 5) is 19.1. The monoisotopic (exact) mass is 504 g/mol. The molecule has 1 aromatic carbocycles. The molecular weight excluding hydrogens is 480 g/mol. The van der Waals surface area contributed by atoms with Crippen LogP contribution in [0.4, 0.5) is 10.6 Å². The molecule has 3 heterocycles. The Hall–Kier alpha value is -2.32. The lowest BCUT2D eigenvalue weighted by molar-refractivity contribution is 0.166. The normalized spacial score (nSPS) is 16.7. The van der Waals surface area contributed by atoms with Crippen LogP contribution in [0.5, 0.6) is 0 Å². The summed E-state index contributed by atoms with van der Waals surface area (Å²) >= 11 is 9.96. The van der Waals surface area contributed by atoms with Gasteiger partial charge in [-0.1, -0.05) is 29.8 Å². The number of carbonyl (C=O) groups excluding carboxylic acids is 1. The molecule has 0 spiro atoms. The van der Waals surface area contributed by atoms with E-state index in [1.165, 1.54) is 0 Å². The van der Waals surface area contributed by atoms with Crippen molar-refractivity contribution in [2.45, 2.75) is 32.7 Å². The van der Waals surface area contributed by atoms with Gasteiger partial charge in [0.2, 0.25) is 0 Å². The number of fused-ring (bicyclic) bond motifs is 1. The number of rotatable bonds is 5. The second kappa shape index (κ2) is 9.44. The predicted molar refractivity (Wildman–Crippen MR) is 128 cm³/mol. The van der Waals surface area contributed by atoms with E-state index in [0.29, 0.717) is 10.9 Å². The van der Waals surface area contributed by atoms with Crippen LogP contribution in [0.3, 0.4) is 0 Å². The lowest BCUT2D eigenvalue weighted by Gasteiger charge is -2.33. The third-order valence-electron chi connectivity index (χ3n) is 5.37. The van der Waals surface area contributed by atoms with Crippen molar-refractivity contribution >= 4 is 45.0 Å². The summed E-state index contributed by atoms with van der Waals surface area (Å²) in [6, 6.07) is 9.80. The quantitative estimate of drug-likeness (QED) is 0.509. The van der Waals surface area contributed by atoms with Crippen LogP contribution >= 0.6 is 27.5 Å². The number of halogens is 2. The molecule has 1 fully saturated rings. The Balaban J connectivity index is 1.54. The first-order valence-electron chi connectivity index (χ1n) is 10.5. The maximum atomic E-state index is 12.4. The summed E-state index contributed by atoms with van der Waals surface area (Å²) in [5.74, 6) is 1.20. The lowest BCUT2D eigenvalue weighted by atomic mass is 9.98. The number of piperidine rings is 1. The first-order chi connectivity index (χ1) is 14.9. The second-order valence-corrected chi connectivity index (χ2v) is 9.44. The van der Waals surface area contributed by atoms with E-state index < -0.39 is 0 Å². The molecule has 1 unspecified atom stereocenters. The summed E-state index contributed by atoms with van der Waals surface area (Å²) in [7, 11) is 0. The number of nitrogens with one attached hydrogen (secondary N) is 2. The summed E-state index contributed by atoms with van der Waals surface area (Å²) in [6.45, 7) is 6.24. The smallest absolute Gasteiger partial charge is 0.317 e. The molecule has 31 heavy (non-hydrogen) atoms. The van der Waals surface area contributed by atoms with Crippen LogP contribution in [0.1, 0.15) is 26.7 Å². The largest absolute Gasteiger partial charge is 0.370 e. The van der Waals surface area contributed by atoms with Gasteiger partial charge in [0.15, 0.2) is 5.65 Å². The fourth-order valence-electron chi connectivity index (χ4n) is 3.87. The summed E-state index contributed by atoms with van der Waals surface area (Å²) in [5.41, 5.74) is 2.38. The number of anilines is 1. The average molecular weight is 506 g/mol. The highest BCUT2D eigenvalue weighted by Crippen LogP contribution is 2.30. The standard InChI is InChI=1S/C22H26BrClN6O/c1-14(2)27-22(31)29-9-5-6-15(13-29)11-25-20-10-19(16-7-3-4-8-18(16)24)28-21-17(23)12-26-30(20)21/h3-4,7-8,10,12,14-15,25H,5-6,9,11,13H2,1-2H3,(H,27,31). The molecule has 9 heteroatoms. The van der Waals surface area contributed by atoms with Crippen molar-refractivity contribution in [3.05, 3.63) is 46.0 Å². The maximum Gasteiger partial charge on any atom is 0.317 e. The van der Waals surface area contributed by atoms with E-state index in [2.05, 4.69) is 31.7 Å². The molecule has 0 bridgehead atoms. The van der Waals surface area contributed by atoms with Crippen molar-refractivity contribution in [3.8, 4) is 11.3 Å². The van der Waals surface area contributed by atoms with Gasteiger partial charge in [-0.05, 0) is 54.6 Å². The predicted octanol–water partition coefficient (Wildman–Crippen LogP) is 5.05. The maximum absolute atomic E-state index is 12.4. The van der Waals surface area contributed by atoms with E-state index in [4.69, 9.17) is 16.6 Å². The van der Waals surface area contributed by atoms with Gasteiger partial charge in [0.05, 0.1) is 16.4 Å². The molecular formula is C22H26BrClN6O. The highest BCUT2D eigenvalue weighted by molar-refractivity contribution is 9.10. The van der Waals surface area contributed by atoms with Crippen molar-refractivity contribution in [2.24, 2.45) is 5.92 Å². The average Bonchev–Trinajstić information content (AvgIpc) is 3.13. The van der Waals surface area contributed by atoms with Gasteiger partial charge in [-0.3, -0.25) is 0 Å². The first kappa shape index (κ1) is 21.9. The van der Waals surface area contributed by atoms with Crippen LogP contribution in [-0.4, -0.2) is 51.2 Å². The zero-order valence-corrected chi connectivity index (χ0v) is 19.9. The zero-order chi connectivity index (χ0) is 22.0. The van der Waals surface area contributed by atoms with Crippen molar-refractivity contribution in [1.29, 1.82) is 0 Å². The summed E-state index contributed by atoms with van der Waals surface area (Å²) in [6.07, 6.45) is 3.82. The molecule has 1 aliphatic rings. The van der Waals surface area contributed by atoms with Crippen LogP contribution in [0, 0.1) is 5.92 Å². The molecule has 1 atom stereocenters. The Labute approximate surface area is 195 Å². The van der Waals surface area contributed by atoms with E-state index in [1.54, 1.807) is 10.7 Å². The Morgan fingerprint density at radius 2 is 2.16 bits per heavy atom. The van der Waals surface area contributed by atoms with E-state index in [1.807, 2.05) is 49.1 Å². The van der Waals surface area contributed by atoms with E-state index in [-0.39, 0.29) is 12.1 Å². The van der Waals surface area contributed by atoms with Crippen LogP contribution < -0.4 is 10.6 Å². The Morgan fingerprint density at radius 3 is 2.94 bits per heavy atom. The number of carbonyl (C=O) groups is 1. The Bertz CT molecular complexity index is 1090. The number of hydrogen-bond acceptors (Lipinski definition) is 4. The lowest BCUT2D eigenvalue weighted by Crippen LogP contribution is -2.48. The number of likely N-dealkylation sites (tertiary alicyclic amines) is 1. The molecule has 0 radical (unpaired) electrons. The first-order valence-corrected chi connectivity index (χ1v) is 11.7. The van der Waals surface area contributed by atoms with Gasteiger partial charge in [-0.25, -0.2) is 9.78 Å². The van der Waals surface area contributed by atoms with Crippen molar-refractivity contribution < 1.29 is 4.79 Å². The minimum absolute atomic E-state index is 0.0167. The fourth-order valence-corrected chi connectivity index (χ4v) is 4.45. The van der Waals surface area contributed by atoms with E-state index >= 15 is 0 Å². The van der Waals surface area contributed by atoms with Crippen LogP contribution in [-0.2, 0) is 0 Å². The third-order valence-corrected chi connectivity index (χ3v) is 6.26. The fraction of sp³-hybridized carbons (Fsp3) is 0.409. The van der Waals surface area contributed by atoms with Gasteiger partial charge in [0.1, 0.15) is 5.82 Å². The molecule has 164 valence electrons. The van der Waals surface area contributed by atoms with E-state index in [0.717, 1.165) is 59.7 Å². The number of aromatic nitrogens is 3. The number of hydrogen-bond donors (Lipinski definition) is 2. The molecule has 2 amide bonds. The molecule has 1 aliphatic heterocycles. The molecule has 4 rings (SSSR count). The van der Waals surface area contributed by atoms with E-state index in [9.17, 15) is 4.79 Å². The van der Waals surface area contributed by atoms with Gasteiger partial charge >= 0.3 is 6.03 Å². The van der Waals surface area contributed by atoms with Gasteiger partial charge in [0.25, 0.3) is 0 Å². The molecule has 0 aliphatic carbocycles. The minimum Gasteiger partial charge on any atom is -0.370 e. The van der Waals surface area contributed by atoms with Gasteiger partial charge in [-0.2, -0.15) is 9.61 Å². The molecule has 3 aromatic rings. The van der Waals surface area contributed by atoms with Crippen LogP contribution in [0.2, 0.25) is 5.02 Å². The highest BCUT2D eigenvalue weighted by Gasteiger charge is 2.24. The number of benzene rings is 1. The topological polar surface area (TPSA) is 74.6 Å². The van der Waals surface area contributed by atoms with Crippen LogP contribution in [0.25, 0.3) is 16.9 Å². The Morgan fingerprint density at radius 1 is 1.35 bits per heavy atom. The van der Waals surface area contributed by atoms with Crippen molar-refractivity contribution in [3.63, 3.8) is 0 Å². The van der Waals surface area contributed by atoms with Gasteiger partial charge in [0, 0.05) is 42.3 Å². The molecule has 2 N–H and O–H groups in total. The number of urea groups is 1.